The molecule has 0 unspecified atom stereocenters. The highest BCUT2D eigenvalue weighted by atomic mass is 19.1. The number of rotatable bonds is 6. The summed E-state index contributed by atoms with van der Waals surface area (Å²) in [5.41, 5.74) is 8.18. The molecule has 4 aromatic rings. The first-order valence-electron chi connectivity index (χ1n) is 9.99. The van der Waals surface area contributed by atoms with Gasteiger partial charge in [-0.25, -0.2) is 14.4 Å². The number of pyridine rings is 1. The predicted octanol–water partition coefficient (Wildman–Crippen LogP) is 3.04. The van der Waals surface area contributed by atoms with Gasteiger partial charge in [-0.05, 0) is 44.7 Å². The van der Waals surface area contributed by atoms with Gasteiger partial charge in [-0.2, -0.15) is 0 Å². The molecule has 1 aromatic carbocycles. The van der Waals surface area contributed by atoms with Crippen molar-refractivity contribution in [1.82, 2.24) is 30.0 Å². The van der Waals surface area contributed by atoms with Gasteiger partial charge < -0.3 is 20.0 Å². The van der Waals surface area contributed by atoms with Crippen LogP contribution in [-0.4, -0.2) is 31.8 Å². The zero-order valence-corrected chi connectivity index (χ0v) is 17.8. The van der Waals surface area contributed by atoms with Crippen LogP contribution in [0.25, 0.3) is 34.3 Å². The molecule has 9 nitrogen and oxygen atoms in total. The van der Waals surface area contributed by atoms with Crippen molar-refractivity contribution in [2.24, 2.45) is 0 Å². The third-order valence-corrected chi connectivity index (χ3v) is 4.86. The van der Waals surface area contributed by atoms with Crippen LogP contribution in [0.4, 0.5) is 10.2 Å². The summed E-state index contributed by atoms with van der Waals surface area (Å²) in [6, 6.07) is 7.88. The molecule has 0 aliphatic carbocycles. The minimum absolute atomic E-state index is 0.00784. The van der Waals surface area contributed by atoms with Crippen LogP contribution in [-0.2, 0) is 6.54 Å². The van der Waals surface area contributed by atoms with Crippen LogP contribution >= 0.6 is 0 Å². The fraction of sp³-hybridized carbons (Fsp3) is 0.227. The summed E-state index contributed by atoms with van der Waals surface area (Å²) in [7, 11) is 1.78. The molecule has 0 spiro atoms. The molecule has 0 fully saturated rings. The van der Waals surface area contributed by atoms with Crippen molar-refractivity contribution in [3.8, 4) is 34.3 Å². The van der Waals surface area contributed by atoms with Gasteiger partial charge in [-0.3, -0.25) is 4.79 Å². The Labute approximate surface area is 183 Å². The van der Waals surface area contributed by atoms with Crippen molar-refractivity contribution < 1.29 is 8.81 Å². The fourth-order valence-corrected chi connectivity index (χ4v) is 3.23. The van der Waals surface area contributed by atoms with E-state index in [1.807, 2.05) is 13.8 Å². The molecule has 3 heterocycles. The Hall–Kier alpha value is -3.92. The Balaban J connectivity index is 1.71. The second-order valence-corrected chi connectivity index (χ2v) is 7.50. The van der Waals surface area contributed by atoms with Gasteiger partial charge >= 0.3 is 0 Å². The van der Waals surface area contributed by atoms with Crippen LogP contribution in [0.15, 0.2) is 51.9 Å². The molecule has 4 rings (SSSR count). The maximum absolute atomic E-state index is 14.5. The van der Waals surface area contributed by atoms with Crippen molar-refractivity contribution in [1.29, 1.82) is 0 Å². The first-order chi connectivity index (χ1) is 15.4. The summed E-state index contributed by atoms with van der Waals surface area (Å²) in [5.74, 6) is -0.362. The molecule has 32 heavy (non-hydrogen) atoms. The number of nitrogens with one attached hydrogen (secondary N) is 1. The SMILES string of the molecule is CNCc1ccc(-c2nnc(-c3nc(-c4ccc(=O)n(C(C)C)c4)cnc3N)o2)c(F)c1. The molecule has 164 valence electrons. The second-order valence-electron chi connectivity index (χ2n) is 7.50. The van der Waals surface area contributed by atoms with Gasteiger partial charge in [0, 0.05) is 30.4 Å². The molecule has 3 N–H and O–H groups in total. The highest BCUT2D eigenvalue weighted by Crippen LogP contribution is 2.29. The first-order valence-corrected chi connectivity index (χ1v) is 9.99. The Morgan fingerprint density at radius 2 is 1.97 bits per heavy atom. The van der Waals surface area contributed by atoms with Gasteiger partial charge in [0.15, 0.2) is 11.5 Å². The molecular formula is C22H22FN7O2. The van der Waals surface area contributed by atoms with E-state index < -0.39 is 5.82 Å². The maximum atomic E-state index is 14.5. The van der Waals surface area contributed by atoms with Crippen LogP contribution in [0.2, 0.25) is 0 Å². The maximum Gasteiger partial charge on any atom is 0.270 e. The van der Waals surface area contributed by atoms with Crippen molar-refractivity contribution in [2.75, 3.05) is 12.8 Å². The predicted molar refractivity (Wildman–Crippen MR) is 118 cm³/mol. The lowest BCUT2D eigenvalue weighted by Gasteiger charge is -2.11. The number of aromatic nitrogens is 5. The van der Waals surface area contributed by atoms with Crippen molar-refractivity contribution in [2.45, 2.75) is 26.4 Å². The molecule has 0 saturated heterocycles. The summed E-state index contributed by atoms with van der Waals surface area (Å²) in [4.78, 5) is 20.7. The fourth-order valence-electron chi connectivity index (χ4n) is 3.23. The van der Waals surface area contributed by atoms with Gasteiger partial charge in [0.1, 0.15) is 5.82 Å². The number of hydrogen-bond acceptors (Lipinski definition) is 8. The lowest BCUT2D eigenvalue weighted by Crippen LogP contribution is -2.20. The van der Waals surface area contributed by atoms with E-state index in [4.69, 9.17) is 10.2 Å². The Morgan fingerprint density at radius 1 is 1.19 bits per heavy atom. The van der Waals surface area contributed by atoms with Gasteiger partial charge in [0.2, 0.25) is 0 Å². The monoisotopic (exact) mass is 435 g/mol. The van der Waals surface area contributed by atoms with Crippen LogP contribution in [0, 0.1) is 5.82 Å². The summed E-state index contributed by atoms with van der Waals surface area (Å²) >= 11 is 0. The van der Waals surface area contributed by atoms with Crippen LogP contribution in [0.5, 0.6) is 0 Å². The third kappa shape index (κ3) is 4.12. The zero-order valence-electron chi connectivity index (χ0n) is 17.8. The molecule has 0 aliphatic heterocycles. The van der Waals surface area contributed by atoms with E-state index in [1.165, 1.54) is 18.3 Å². The van der Waals surface area contributed by atoms with Crippen LogP contribution in [0.1, 0.15) is 25.5 Å². The number of benzene rings is 1. The van der Waals surface area contributed by atoms with E-state index in [-0.39, 0.29) is 40.5 Å². The van der Waals surface area contributed by atoms with Gasteiger partial charge in [-0.15, -0.1) is 10.2 Å². The van der Waals surface area contributed by atoms with Crippen molar-refractivity contribution in [3.63, 3.8) is 0 Å². The molecule has 0 bridgehead atoms. The third-order valence-electron chi connectivity index (χ3n) is 4.86. The molecule has 3 aromatic heterocycles. The van der Waals surface area contributed by atoms with E-state index >= 15 is 0 Å². The second kappa shape index (κ2) is 8.67. The zero-order chi connectivity index (χ0) is 22.8. The van der Waals surface area contributed by atoms with Gasteiger partial charge in [-0.1, -0.05) is 6.07 Å². The Kier molecular flexibility index (Phi) is 5.78. The number of nitrogen functional groups attached to an aromatic ring is 1. The standard InChI is InChI=1S/C22H22FN7O2/c1-12(2)30-11-14(5-7-18(30)31)17-10-26-20(24)19(27-17)22-29-28-21(32-22)15-6-4-13(9-25-3)8-16(15)23/h4-8,10-12,25H,9H2,1-3H3,(H2,24,26). The molecule has 0 aliphatic rings. The number of halogens is 1. The number of nitrogens with two attached hydrogens (primary N) is 1. The topological polar surface area (TPSA) is 125 Å². The number of nitrogens with zero attached hydrogens (tertiary/aromatic N) is 5. The van der Waals surface area contributed by atoms with Gasteiger partial charge in [0.05, 0.1) is 17.5 Å². The van der Waals surface area contributed by atoms with Gasteiger partial charge in [0.25, 0.3) is 17.3 Å². The summed E-state index contributed by atoms with van der Waals surface area (Å²) in [6.45, 7) is 4.36. The summed E-state index contributed by atoms with van der Waals surface area (Å²) in [6.07, 6.45) is 3.21. The van der Waals surface area contributed by atoms with E-state index in [0.717, 1.165) is 5.56 Å². The first kappa shape index (κ1) is 21.3. The molecular weight excluding hydrogens is 413 g/mol. The van der Waals surface area contributed by atoms with Crippen LogP contribution in [0.3, 0.4) is 0 Å². The molecule has 0 amide bonds. The average Bonchev–Trinajstić information content (AvgIpc) is 3.24. The Bertz CT molecular complexity index is 1330. The average molecular weight is 435 g/mol. The number of anilines is 1. The van der Waals surface area contributed by atoms with Crippen LogP contribution < -0.4 is 16.6 Å². The van der Waals surface area contributed by atoms with E-state index in [2.05, 4.69) is 25.5 Å². The number of hydrogen-bond donors (Lipinski definition) is 2. The molecule has 0 atom stereocenters. The summed E-state index contributed by atoms with van der Waals surface area (Å²) in [5, 5.41) is 10.9. The minimum atomic E-state index is -0.475. The normalized spacial score (nSPS) is 11.3. The minimum Gasteiger partial charge on any atom is -0.414 e. The molecule has 10 heteroatoms. The van der Waals surface area contributed by atoms with E-state index in [9.17, 15) is 9.18 Å². The quantitative estimate of drug-likeness (QED) is 0.473. The van der Waals surface area contributed by atoms with E-state index in [0.29, 0.717) is 17.8 Å². The lowest BCUT2D eigenvalue weighted by molar-refractivity contribution is 0.568. The van der Waals surface area contributed by atoms with E-state index in [1.54, 1.807) is 36.0 Å². The lowest BCUT2D eigenvalue weighted by atomic mass is 10.1. The summed E-state index contributed by atoms with van der Waals surface area (Å²) < 4.78 is 21.8. The largest absolute Gasteiger partial charge is 0.414 e. The van der Waals surface area contributed by atoms with Crippen molar-refractivity contribution >= 4 is 5.82 Å². The highest BCUT2D eigenvalue weighted by Gasteiger charge is 2.19. The highest BCUT2D eigenvalue weighted by molar-refractivity contribution is 5.68. The Morgan fingerprint density at radius 3 is 2.69 bits per heavy atom. The molecule has 0 saturated carbocycles. The molecule has 0 radical (unpaired) electrons. The van der Waals surface area contributed by atoms with Crippen molar-refractivity contribution in [3.05, 3.63) is 64.5 Å². The smallest absolute Gasteiger partial charge is 0.270 e.